The quantitative estimate of drug-likeness (QED) is 0.281. The minimum atomic E-state index is -0.925. The normalized spacial score (nSPS) is 17.3. The number of amides is 1. The summed E-state index contributed by atoms with van der Waals surface area (Å²) in [7, 11) is 1.42. The molecule has 0 spiro atoms. The minimum absolute atomic E-state index is 0.0918. The van der Waals surface area contributed by atoms with Crippen LogP contribution in [0, 0.1) is 6.92 Å². The number of rotatable bonds is 7. The first-order chi connectivity index (χ1) is 16.3. The van der Waals surface area contributed by atoms with Crippen LogP contribution in [0.5, 0.6) is 11.5 Å². The Morgan fingerprint density at radius 3 is 2.53 bits per heavy atom. The lowest BCUT2D eigenvalue weighted by Gasteiger charge is -2.23. The van der Waals surface area contributed by atoms with Crippen molar-refractivity contribution in [2.75, 3.05) is 13.7 Å². The molecule has 1 aliphatic heterocycles. The molecule has 1 fully saturated rings. The fraction of sp³-hybridized carbons (Fsp3) is 0.231. The fourth-order valence-corrected chi connectivity index (χ4v) is 4.45. The topological polar surface area (TPSA) is 89.2 Å². The molecule has 1 aliphatic rings. The van der Waals surface area contributed by atoms with Crippen molar-refractivity contribution in [3.05, 3.63) is 87.8 Å². The molecule has 0 saturated carbocycles. The van der Waals surface area contributed by atoms with Crippen molar-refractivity contribution >= 4 is 29.1 Å². The van der Waals surface area contributed by atoms with Crippen LogP contribution >= 0.6 is 11.6 Å². The zero-order chi connectivity index (χ0) is 24.4. The number of hydrogen-bond acceptors (Lipinski definition) is 6. The number of aliphatic hydroxyl groups excluding tert-OH is 1. The third-order valence-corrected chi connectivity index (χ3v) is 5.87. The number of aryl methyl sites for hydroxylation is 1. The maximum absolute atomic E-state index is 13.2. The van der Waals surface area contributed by atoms with Crippen LogP contribution in [0.2, 0.25) is 5.02 Å². The van der Waals surface area contributed by atoms with Gasteiger partial charge < -0.3 is 23.9 Å². The Hall–Kier alpha value is -3.71. The Morgan fingerprint density at radius 2 is 1.91 bits per heavy atom. The molecule has 0 radical (unpaired) electrons. The third kappa shape index (κ3) is 4.26. The highest BCUT2D eigenvalue weighted by molar-refractivity contribution is 6.46. The van der Waals surface area contributed by atoms with Gasteiger partial charge in [0.2, 0.25) is 0 Å². The highest BCUT2D eigenvalue weighted by Crippen LogP contribution is 2.43. The van der Waals surface area contributed by atoms with E-state index >= 15 is 0 Å². The number of nitrogens with zero attached hydrogens (tertiary/aromatic N) is 1. The number of halogens is 1. The van der Waals surface area contributed by atoms with Gasteiger partial charge in [0.15, 0.2) is 0 Å². The van der Waals surface area contributed by atoms with Crippen LogP contribution in [0.4, 0.5) is 0 Å². The number of ether oxygens (including phenoxy) is 2. The van der Waals surface area contributed by atoms with Crippen molar-refractivity contribution in [2.45, 2.75) is 26.4 Å². The van der Waals surface area contributed by atoms with Crippen LogP contribution < -0.4 is 9.47 Å². The fourth-order valence-electron chi connectivity index (χ4n) is 4.10. The van der Waals surface area contributed by atoms with E-state index in [-0.39, 0.29) is 34.2 Å². The monoisotopic (exact) mass is 481 g/mol. The number of ketones is 1. The van der Waals surface area contributed by atoms with E-state index < -0.39 is 17.7 Å². The molecule has 2 heterocycles. The van der Waals surface area contributed by atoms with Crippen LogP contribution in [0.3, 0.4) is 0 Å². The summed E-state index contributed by atoms with van der Waals surface area (Å²) in [5, 5.41) is 11.6. The van der Waals surface area contributed by atoms with E-state index in [4.69, 9.17) is 25.5 Å². The van der Waals surface area contributed by atoms with Gasteiger partial charge in [-0.3, -0.25) is 9.59 Å². The van der Waals surface area contributed by atoms with E-state index in [1.807, 2.05) is 19.1 Å². The molecular weight excluding hydrogens is 458 g/mol. The molecule has 1 N–H and O–H groups in total. The van der Waals surface area contributed by atoms with Gasteiger partial charge in [-0.15, -0.1) is 0 Å². The molecule has 8 heteroatoms. The van der Waals surface area contributed by atoms with Crippen LogP contribution in [0.15, 0.2) is 64.8 Å². The third-order valence-electron chi connectivity index (χ3n) is 5.59. The summed E-state index contributed by atoms with van der Waals surface area (Å²) in [4.78, 5) is 27.7. The van der Waals surface area contributed by atoms with Crippen molar-refractivity contribution in [3.63, 3.8) is 0 Å². The first-order valence-electron chi connectivity index (χ1n) is 10.7. The number of furan rings is 1. The van der Waals surface area contributed by atoms with Gasteiger partial charge in [0.05, 0.1) is 36.1 Å². The summed E-state index contributed by atoms with van der Waals surface area (Å²) in [5.74, 6) is -0.667. The molecule has 1 amide bonds. The van der Waals surface area contributed by atoms with Crippen molar-refractivity contribution in [1.29, 1.82) is 0 Å². The molecule has 0 bridgehead atoms. The number of benzene rings is 2. The summed E-state index contributed by atoms with van der Waals surface area (Å²) < 4.78 is 16.4. The molecule has 3 aromatic rings. The molecule has 0 aliphatic carbocycles. The molecule has 2 aromatic carbocycles. The van der Waals surface area contributed by atoms with Crippen LogP contribution in [0.25, 0.3) is 5.76 Å². The van der Waals surface area contributed by atoms with Crippen molar-refractivity contribution in [2.24, 2.45) is 0 Å². The molecule has 176 valence electrons. The Kier molecular flexibility index (Phi) is 6.65. The van der Waals surface area contributed by atoms with Gasteiger partial charge in [0, 0.05) is 6.54 Å². The standard InChI is InChI=1S/C26H24ClNO6/c1-4-33-17-9-7-16(8-10-17)14-28-22(20-6-5-11-34-20)21(24(30)26(28)31)23(29)18-12-15(2)13-19(27)25(18)32-3/h5-13,22,29H,4,14H2,1-3H3/b23-21-. The van der Waals surface area contributed by atoms with Crippen LogP contribution in [-0.2, 0) is 16.1 Å². The van der Waals surface area contributed by atoms with Gasteiger partial charge in [0.1, 0.15) is 29.1 Å². The van der Waals surface area contributed by atoms with E-state index in [9.17, 15) is 14.7 Å². The molecule has 1 atom stereocenters. The van der Waals surface area contributed by atoms with Crippen LogP contribution in [-0.4, -0.2) is 35.4 Å². The zero-order valence-corrected chi connectivity index (χ0v) is 19.8. The average molecular weight is 482 g/mol. The number of carbonyl (C=O) groups excluding carboxylic acids is 2. The Morgan fingerprint density at radius 1 is 1.18 bits per heavy atom. The van der Waals surface area contributed by atoms with Crippen molar-refractivity contribution < 1.29 is 28.6 Å². The van der Waals surface area contributed by atoms with Gasteiger partial charge in [-0.1, -0.05) is 23.7 Å². The van der Waals surface area contributed by atoms with E-state index in [1.54, 1.807) is 43.3 Å². The summed E-state index contributed by atoms with van der Waals surface area (Å²) >= 11 is 6.31. The molecule has 7 nitrogen and oxygen atoms in total. The molecule has 1 unspecified atom stereocenters. The van der Waals surface area contributed by atoms with E-state index in [1.165, 1.54) is 18.3 Å². The molecular formula is C26H24ClNO6. The van der Waals surface area contributed by atoms with Crippen molar-refractivity contribution in [1.82, 2.24) is 4.90 Å². The van der Waals surface area contributed by atoms with Crippen LogP contribution in [0.1, 0.15) is 35.4 Å². The molecule has 1 saturated heterocycles. The summed E-state index contributed by atoms with van der Waals surface area (Å²) in [6.45, 7) is 4.37. The second kappa shape index (κ2) is 9.65. The van der Waals surface area contributed by atoms with Crippen molar-refractivity contribution in [3.8, 4) is 11.5 Å². The molecule has 4 rings (SSSR count). The van der Waals surface area contributed by atoms with Gasteiger partial charge in [-0.05, 0) is 61.4 Å². The Labute approximate surface area is 202 Å². The minimum Gasteiger partial charge on any atom is -0.507 e. The lowest BCUT2D eigenvalue weighted by molar-refractivity contribution is -0.140. The summed E-state index contributed by atoms with van der Waals surface area (Å²) in [6.07, 6.45) is 1.45. The Balaban J connectivity index is 1.82. The predicted octanol–water partition coefficient (Wildman–Crippen LogP) is 5.27. The average Bonchev–Trinajstić information content (AvgIpc) is 3.42. The largest absolute Gasteiger partial charge is 0.507 e. The highest BCUT2D eigenvalue weighted by atomic mass is 35.5. The van der Waals surface area contributed by atoms with E-state index in [0.29, 0.717) is 18.1 Å². The first-order valence-corrected chi connectivity index (χ1v) is 11.1. The summed E-state index contributed by atoms with van der Waals surface area (Å²) in [6, 6.07) is 13.0. The maximum atomic E-state index is 13.2. The van der Waals surface area contributed by atoms with Gasteiger partial charge in [-0.25, -0.2) is 0 Å². The number of carbonyl (C=O) groups is 2. The van der Waals surface area contributed by atoms with E-state index in [0.717, 1.165) is 11.1 Å². The lowest BCUT2D eigenvalue weighted by Crippen LogP contribution is -2.29. The smallest absolute Gasteiger partial charge is 0.296 e. The number of hydrogen-bond donors (Lipinski definition) is 1. The van der Waals surface area contributed by atoms with Gasteiger partial charge >= 0.3 is 0 Å². The van der Waals surface area contributed by atoms with Gasteiger partial charge in [-0.2, -0.15) is 0 Å². The second-order valence-corrected chi connectivity index (χ2v) is 8.25. The number of likely N-dealkylation sites (tertiary alicyclic amines) is 1. The maximum Gasteiger partial charge on any atom is 0.296 e. The Bertz CT molecular complexity index is 1250. The van der Waals surface area contributed by atoms with E-state index in [2.05, 4.69) is 0 Å². The summed E-state index contributed by atoms with van der Waals surface area (Å²) in [5.41, 5.74) is 1.68. The molecule has 34 heavy (non-hydrogen) atoms. The number of Topliss-reactive ketones (excluding diaryl/α,β-unsaturated/α-hetero) is 1. The lowest BCUT2D eigenvalue weighted by atomic mass is 9.97. The molecule has 1 aromatic heterocycles. The predicted molar refractivity (Wildman–Crippen MR) is 127 cm³/mol. The number of aliphatic hydroxyl groups is 1. The second-order valence-electron chi connectivity index (χ2n) is 7.85. The number of methoxy groups -OCH3 is 1. The first kappa shape index (κ1) is 23.4. The highest BCUT2D eigenvalue weighted by Gasteiger charge is 2.47. The van der Waals surface area contributed by atoms with Gasteiger partial charge in [0.25, 0.3) is 11.7 Å². The zero-order valence-electron chi connectivity index (χ0n) is 19.0. The SMILES string of the molecule is CCOc1ccc(CN2C(=O)C(=O)/C(=C(\O)c3cc(C)cc(Cl)c3OC)C2c2ccco2)cc1.